The Morgan fingerprint density at radius 3 is 2.14 bits per heavy atom. The first-order valence-electron chi connectivity index (χ1n) is 23.9. The summed E-state index contributed by atoms with van der Waals surface area (Å²) >= 11 is 0. The van der Waals surface area contributed by atoms with Crippen LogP contribution in [0.15, 0.2) is 18.2 Å². The van der Waals surface area contributed by atoms with E-state index in [1.54, 1.807) is 0 Å². The van der Waals surface area contributed by atoms with Crippen LogP contribution in [0.25, 0.3) is 0 Å². The van der Waals surface area contributed by atoms with Crippen LogP contribution in [0.5, 0.6) is 11.5 Å². The van der Waals surface area contributed by atoms with Gasteiger partial charge in [0.2, 0.25) is 0 Å². The number of nitrogens with one attached hydrogen (secondary N) is 1. The van der Waals surface area contributed by atoms with Crippen LogP contribution in [0.3, 0.4) is 0 Å². The number of ether oxygens (including phenoxy) is 8. The summed E-state index contributed by atoms with van der Waals surface area (Å²) in [4.78, 5) is 38.6. The maximum absolute atomic E-state index is 14.1. The Morgan fingerprint density at radius 1 is 0.833 bits per heavy atom. The molecule has 0 aromatic heterocycles. The molecule has 19 unspecified atom stereocenters. The number of aliphatic hydroxyl groups is 11. The first-order chi connectivity index (χ1) is 34.1. The molecule has 1 amide bonds. The summed E-state index contributed by atoms with van der Waals surface area (Å²) in [5.74, 6) is -8.72. The predicted octanol–water partition coefficient (Wildman–Crippen LogP) is -5.11. The van der Waals surface area contributed by atoms with Crippen molar-refractivity contribution in [3.05, 3.63) is 23.8 Å². The number of phenols is 2. The first-order valence-corrected chi connectivity index (χ1v) is 23.9. The molecule has 27 nitrogen and oxygen atoms in total. The Bertz CT molecular complexity index is 1890. The zero-order chi connectivity index (χ0) is 53.2. The van der Waals surface area contributed by atoms with E-state index in [9.17, 15) is 85.9 Å². The minimum atomic E-state index is -3.04. The number of hydrogen-bond acceptors (Lipinski definition) is 25. The van der Waals surface area contributed by atoms with E-state index in [1.807, 2.05) is 0 Å². The highest BCUT2D eigenvalue weighted by Crippen LogP contribution is 2.40. The van der Waals surface area contributed by atoms with Crippen molar-refractivity contribution in [2.75, 3.05) is 33.5 Å². The van der Waals surface area contributed by atoms with Crippen molar-refractivity contribution in [1.29, 1.82) is 0 Å². The van der Waals surface area contributed by atoms with Crippen LogP contribution in [0, 0.1) is 5.92 Å². The molecule has 72 heavy (non-hydrogen) atoms. The van der Waals surface area contributed by atoms with E-state index in [4.69, 9.17) is 38.9 Å². The highest BCUT2D eigenvalue weighted by atomic mass is 16.7. The molecule has 3 heterocycles. The molecule has 5 rings (SSSR count). The predicted molar refractivity (Wildman–Crippen MR) is 238 cm³/mol. The Morgan fingerprint density at radius 2 is 1.51 bits per heavy atom. The number of methoxy groups -OCH3 is 1. The van der Waals surface area contributed by atoms with Crippen molar-refractivity contribution < 1.29 is 124 Å². The number of phenolic OH excluding ortho intramolecular Hbond substituents is 2. The quantitative estimate of drug-likeness (QED) is 0.0340. The molecule has 17 N–H and O–H groups in total. The summed E-state index contributed by atoms with van der Waals surface area (Å²) in [6.07, 6.45) is -28.0. The number of unbranched alkanes of at least 4 members (excludes halogenated alkanes) is 5. The molecular weight excluding hydrogens is 968 g/mol. The van der Waals surface area contributed by atoms with Crippen LogP contribution in [-0.4, -0.2) is 245 Å². The van der Waals surface area contributed by atoms with E-state index in [0.717, 1.165) is 37.5 Å². The number of aliphatic hydroxyl groups excluding tert-OH is 11. The lowest BCUT2D eigenvalue weighted by Gasteiger charge is -2.51. The van der Waals surface area contributed by atoms with Crippen molar-refractivity contribution in [2.45, 2.75) is 187 Å². The van der Waals surface area contributed by atoms with Crippen molar-refractivity contribution >= 4 is 17.8 Å². The molecule has 3 aliphatic heterocycles. The Kier molecular flexibility index (Phi) is 22.1. The van der Waals surface area contributed by atoms with Gasteiger partial charge in [-0.2, -0.15) is 0 Å². The summed E-state index contributed by atoms with van der Waals surface area (Å²) in [5.41, 5.74) is 5.63. The summed E-state index contributed by atoms with van der Waals surface area (Å²) in [7, 11) is 1.31. The fraction of sp³-hybridized carbons (Fsp3) is 0.800. The number of hydrogen-bond donors (Lipinski definition) is 16. The molecule has 0 spiro atoms. The second kappa shape index (κ2) is 26.8. The van der Waals surface area contributed by atoms with Crippen LogP contribution in [0.4, 0.5) is 0 Å². The van der Waals surface area contributed by atoms with Gasteiger partial charge in [0.15, 0.2) is 12.6 Å². The third-order valence-corrected chi connectivity index (χ3v) is 13.6. The number of aliphatic carboxylic acids is 1. The maximum Gasteiger partial charge on any atom is 0.364 e. The van der Waals surface area contributed by atoms with E-state index >= 15 is 0 Å². The highest BCUT2D eigenvalue weighted by molar-refractivity contribution is 5.97. The van der Waals surface area contributed by atoms with Gasteiger partial charge in [-0.15, -0.1) is 0 Å². The average Bonchev–Trinajstić information content (AvgIpc) is 3.35. The molecule has 412 valence electrons. The standard InChI is InChI=1S/C45H72N2O25/c1-19-31(56)35(60)36(61)43(67-19)70-39-30(47-41(62)22-11-10-21(51)14-23(22)52)42(66-12-8-6-4-3-5-7-9-28(55)65-2)69-27(18-50)37(39)68-26-13-20(16-48)32(57)40(34(26)59)72-45(44(63)64)15-24(53)29(46)38(71-45)33(58)25(54)17-49/h10-11,14,19-20,24-27,29-40,42-43,48-54,56-61H,3-9,12-13,15-18,46H2,1-2H3,(H,47,62)(H,63,64)/t19?,20?,24?,25-,26?,27?,29?,30?,31?,32?,33-,34?,35?,36?,37?,38?,39?,40?,42?,43?,45?/m1/s1. The summed E-state index contributed by atoms with van der Waals surface area (Å²) in [6.45, 7) is -1.50. The van der Waals surface area contributed by atoms with E-state index in [2.05, 4.69) is 10.1 Å². The lowest BCUT2D eigenvalue weighted by atomic mass is 9.80. The first kappa shape index (κ1) is 59.3. The van der Waals surface area contributed by atoms with Gasteiger partial charge >= 0.3 is 11.9 Å². The van der Waals surface area contributed by atoms with Gasteiger partial charge < -0.3 is 120 Å². The number of carbonyl (C=O) groups excluding carboxylic acids is 2. The van der Waals surface area contributed by atoms with Crippen molar-refractivity contribution in [2.24, 2.45) is 11.7 Å². The normalized spacial score (nSPS) is 38.1. The number of benzene rings is 1. The monoisotopic (exact) mass is 1040 g/mol. The smallest absolute Gasteiger partial charge is 0.364 e. The molecule has 1 saturated carbocycles. The number of carboxylic acids is 1. The number of amides is 1. The minimum Gasteiger partial charge on any atom is -0.508 e. The van der Waals surface area contributed by atoms with Crippen LogP contribution < -0.4 is 11.1 Å². The SMILES string of the molecule is COC(=O)CCCCCCCCOC1OC(CO)C(OC2CC(CO)C(O)C(OC3(C(=O)O)CC(O)C(N)C([C@H](O)[C@H](O)CO)O3)C2O)C(OC2OC(C)C(O)C(O)C2O)C1NC(=O)c1ccc(O)cc1O. The zero-order valence-electron chi connectivity index (χ0n) is 39.8. The van der Waals surface area contributed by atoms with Crippen LogP contribution in [0.2, 0.25) is 0 Å². The molecule has 4 aliphatic rings. The maximum atomic E-state index is 14.1. The zero-order valence-corrected chi connectivity index (χ0v) is 39.8. The van der Waals surface area contributed by atoms with Crippen molar-refractivity contribution in [1.82, 2.24) is 5.32 Å². The Hall–Kier alpha value is -3.53. The summed E-state index contributed by atoms with van der Waals surface area (Å²) in [5, 5.41) is 153. The highest BCUT2D eigenvalue weighted by Gasteiger charge is 2.60. The van der Waals surface area contributed by atoms with E-state index in [-0.39, 0.29) is 24.6 Å². The number of esters is 1. The van der Waals surface area contributed by atoms with Gasteiger partial charge in [0, 0.05) is 38.0 Å². The molecule has 1 aromatic rings. The van der Waals surface area contributed by atoms with Gasteiger partial charge in [-0.1, -0.05) is 25.7 Å². The van der Waals surface area contributed by atoms with E-state index in [0.29, 0.717) is 19.3 Å². The molecule has 21 atom stereocenters. The van der Waals surface area contributed by atoms with Gasteiger partial charge in [-0.3, -0.25) is 9.59 Å². The third-order valence-electron chi connectivity index (χ3n) is 13.6. The number of aromatic hydroxyl groups is 2. The molecule has 3 saturated heterocycles. The fourth-order valence-electron chi connectivity index (χ4n) is 9.28. The van der Waals surface area contributed by atoms with Crippen molar-refractivity contribution in [3.8, 4) is 11.5 Å². The third kappa shape index (κ3) is 14.0. The van der Waals surface area contributed by atoms with Gasteiger partial charge in [-0.05, 0) is 38.3 Å². The summed E-state index contributed by atoms with van der Waals surface area (Å²) in [6, 6.07) is -0.105. The average molecular weight is 1040 g/mol. The second-order valence-electron chi connectivity index (χ2n) is 18.6. The molecule has 0 radical (unpaired) electrons. The van der Waals surface area contributed by atoms with Gasteiger partial charge in [-0.25, -0.2) is 4.79 Å². The number of rotatable bonds is 24. The molecule has 4 fully saturated rings. The minimum absolute atomic E-state index is 0.0369. The lowest BCUT2D eigenvalue weighted by Crippen LogP contribution is -2.70. The van der Waals surface area contributed by atoms with Crippen molar-refractivity contribution in [3.63, 3.8) is 0 Å². The molecule has 1 aliphatic carbocycles. The van der Waals surface area contributed by atoms with E-state index in [1.165, 1.54) is 14.0 Å². The topological polar surface area (TPSA) is 446 Å². The Balaban J connectivity index is 1.50. The number of nitrogens with two attached hydrogens (primary N) is 1. The summed E-state index contributed by atoms with van der Waals surface area (Å²) < 4.78 is 47.1. The molecule has 0 bridgehead atoms. The fourth-order valence-corrected chi connectivity index (χ4v) is 9.28. The van der Waals surface area contributed by atoms with Gasteiger partial charge in [0.25, 0.3) is 11.7 Å². The van der Waals surface area contributed by atoms with E-state index < -0.39 is 184 Å². The van der Waals surface area contributed by atoms with Gasteiger partial charge in [0.1, 0.15) is 84.7 Å². The molecular formula is C45H72N2O25. The number of carbonyl (C=O) groups is 3. The molecule has 1 aromatic carbocycles. The number of carboxylic acid groups (broad SMARTS) is 1. The Labute approximate surface area is 413 Å². The van der Waals surface area contributed by atoms with Crippen LogP contribution >= 0.6 is 0 Å². The largest absolute Gasteiger partial charge is 0.508 e. The lowest BCUT2D eigenvalue weighted by molar-refractivity contribution is -0.360. The van der Waals surface area contributed by atoms with Crippen LogP contribution in [-0.2, 0) is 47.5 Å². The van der Waals surface area contributed by atoms with Gasteiger partial charge in [0.05, 0.1) is 56.3 Å². The molecule has 27 heteroatoms. The second-order valence-corrected chi connectivity index (χ2v) is 18.6. The van der Waals surface area contributed by atoms with Crippen LogP contribution in [0.1, 0.15) is 75.1 Å².